The van der Waals surface area contributed by atoms with E-state index >= 15 is 0 Å². The van der Waals surface area contributed by atoms with Gasteiger partial charge in [-0.3, -0.25) is 0 Å². The summed E-state index contributed by atoms with van der Waals surface area (Å²) in [6, 6.07) is 4.54. The molecular formula is C12H18N2O4S. The van der Waals surface area contributed by atoms with Gasteiger partial charge >= 0.3 is 0 Å². The summed E-state index contributed by atoms with van der Waals surface area (Å²) in [5.74, 6) is 0.281. The highest BCUT2D eigenvalue weighted by atomic mass is 32.2. The smallest absolute Gasteiger partial charge is 0.246 e. The van der Waals surface area contributed by atoms with Crippen molar-refractivity contribution in [3.05, 3.63) is 18.2 Å². The van der Waals surface area contributed by atoms with Crippen molar-refractivity contribution in [3.63, 3.8) is 0 Å². The van der Waals surface area contributed by atoms with Crippen LogP contribution in [0.1, 0.15) is 6.42 Å². The molecule has 19 heavy (non-hydrogen) atoms. The van der Waals surface area contributed by atoms with Crippen LogP contribution in [0.5, 0.6) is 5.75 Å². The molecule has 0 spiro atoms. The summed E-state index contributed by atoms with van der Waals surface area (Å²) in [5.41, 5.74) is 6.02. The van der Waals surface area contributed by atoms with E-state index in [1.165, 1.54) is 17.5 Å². The van der Waals surface area contributed by atoms with E-state index in [2.05, 4.69) is 0 Å². The van der Waals surface area contributed by atoms with Gasteiger partial charge in [-0.15, -0.1) is 0 Å². The van der Waals surface area contributed by atoms with E-state index in [-0.39, 0.29) is 23.2 Å². The van der Waals surface area contributed by atoms with Crippen LogP contribution in [0, 0.1) is 5.92 Å². The maximum atomic E-state index is 12.5. The molecular weight excluding hydrogens is 268 g/mol. The zero-order valence-electron chi connectivity index (χ0n) is 10.7. The van der Waals surface area contributed by atoms with E-state index in [1.807, 2.05) is 0 Å². The lowest BCUT2D eigenvalue weighted by Gasteiger charge is -2.18. The molecule has 1 atom stereocenters. The van der Waals surface area contributed by atoms with Crippen molar-refractivity contribution in [1.82, 2.24) is 4.31 Å². The Hall–Kier alpha value is -1.31. The van der Waals surface area contributed by atoms with Gasteiger partial charge in [0, 0.05) is 25.4 Å². The van der Waals surface area contributed by atoms with Crippen LogP contribution in [0.15, 0.2) is 23.1 Å². The topological polar surface area (TPSA) is 92.9 Å². The lowest BCUT2D eigenvalue weighted by molar-refractivity contribution is 0.233. The number of ether oxygens (including phenoxy) is 1. The number of nitrogens with zero attached hydrogens (tertiary/aromatic N) is 1. The molecule has 1 aromatic rings. The Morgan fingerprint density at radius 3 is 2.84 bits per heavy atom. The highest BCUT2D eigenvalue weighted by Gasteiger charge is 2.34. The number of aliphatic hydroxyl groups excluding tert-OH is 1. The maximum absolute atomic E-state index is 12.5. The first-order valence-corrected chi connectivity index (χ1v) is 7.47. The molecule has 0 radical (unpaired) electrons. The second-order valence-corrected chi connectivity index (χ2v) is 6.52. The Balaban J connectivity index is 2.37. The molecule has 3 N–H and O–H groups in total. The van der Waals surface area contributed by atoms with Gasteiger partial charge in [0.05, 0.1) is 7.11 Å². The highest BCUT2D eigenvalue weighted by molar-refractivity contribution is 7.89. The predicted octanol–water partition coefficient (Wildman–Crippen LogP) is 0.280. The fourth-order valence-electron chi connectivity index (χ4n) is 2.20. The van der Waals surface area contributed by atoms with Crippen molar-refractivity contribution in [1.29, 1.82) is 0 Å². The third-order valence-electron chi connectivity index (χ3n) is 3.31. The van der Waals surface area contributed by atoms with Crippen LogP contribution in [-0.2, 0) is 10.0 Å². The average molecular weight is 286 g/mol. The summed E-state index contributed by atoms with van der Waals surface area (Å²) in [5, 5.41) is 9.10. The number of hydrogen-bond acceptors (Lipinski definition) is 5. The molecule has 0 bridgehead atoms. The number of benzene rings is 1. The summed E-state index contributed by atoms with van der Waals surface area (Å²) < 4.78 is 31.5. The first-order valence-electron chi connectivity index (χ1n) is 6.03. The minimum Gasteiger partial charge on any atom is -0.495 e. The van der Waals surface area contributed by atoms with Crippen LogP contribution in [-0.4, -0.2) is 44.6 Å². The van der Waals surface area contributed by atoms with Crippen molar-refractivity contribution in [2.24, 2.45) is 5.92 Å². The molecule has 0 saturated carbocycles. The standard InChI is InChI=1S/C12H18N2O4S/c1-18-11-3-2-10(13)6-12(11)19(16,17)14-5-4-9(7-14)8-15/h2-3,6,9,15H,4-5,7-8,13H2,1H3. The first kappa shape index (κ1) is 14.1. The fraction of sp³-hybridized carbons (Fsp3) is 0.500. The van der Waals surface area contributed by atoms with Crippen molar-refractivity contribution in [2.75, 3.05) is 32.5 Å². The second-order valence-electron chi connectivity index (χ2n) is 4.61. The molecule has 1 fully saturated rings. The molecule has 2 rings (SSSR count). The number of methoxy groups -OCH3 is 1. The summed E-state index contributed by atoms with van der Waals surface area (Å²) in [6.07, 6.45) is 0.667. The number of aliphatic hydroxyl groups is 1. The highest BCUT2D eigenvalue weighted by Crippen LogP contribution is 2.31. The number of nitrogen functional groups attached to an aromatic ring is 1. The van der Waals surface area contributed by atoms with Crippen LogP contribution in [0.3, 0.4) is 0 Å². The molecule has 1 heterocycles. The van der Waals surface area contributed by atoms with Crippen molar-refractivity contribution >= 4 is 15.7 Å². The summed E-state index contributed by atoms with van der Waals surface area (Å²) in [4.78, 5) is 0.0774. The third kappa shape index (κ3) is 2.68. The lowest BCUT2D eigenvalue weighted by atomic mass is 10.1. The molecule has 1 unspecified atom stereocenters. The third-order valence-corrected chi connectivity index (χ3v) is 5.20. The number of anilines is 1. The number of nitrogens with two attached hydrogens (primary N) is 1. The minimum atomic E-state index is -3.63. The summed E-state index contributed by atoms with van der Waals surface area (Å²) in [7, 11) is -2.21. The zero-order chi connectivity index (χ0) is 14.0. The number of hydrogen-bond donors (Lipinski definition) is 2. The first-order chi connectivity index (χ1) is 8.98. The van der Waals surface area contributed by atoms with Crippen LogP contribution < -0.4 is 10.5 Å². The monoisotopic (exact) mass is 286 g/mol. The normalized spacial score (nSPS) is 20.6. The van der Waals surface area contributed by atoms with Crippen LogP contribution in [0.2, 0.25) is 0 Å². The molecule has 0 aliphatic carbocycles. The molecule has 1 aliphatic rings. The minimum absolute atomic E-state index is 0.0000828. The van der Waals surface area contributed by atoms with Gasteiger partial charge in [-0.2, -0.15) is 4.31 Å². The number of sulfonamides is 1. The SMILES string of the molecule is COc1ccc(N)cc1S(=O)(=O)N1CCC(CO)C1. The van der Waals surface area contributed by atoms with Gasteiger partial charge in [0.2, 0.25) is 10.0 Å². The molecule has 1 aromatic carbocycles. The van der Waals surface area contributed by atoms with E-state index in [0.29, 0.717) is 25.2 Å². The molecule has 106 valence electrons. The van der Waals surface area contributed by atoms with Gasteiger partial charge in [-0.25, -0.2) is 8.42 Å². The van der Waals surface area contributed by atoms with E-state index in [4.69, 9.17) is 15.6 Å². The Morgan fingerprint density at radius 1 is 1.53 bits per heavy atom. The largest absolute Gasteiger partial charge is 0.495 e. The van der Waals surface area contributed by atoms with Gasteiger partial charge in [-0.1, -0.05) is 0 Å². The van der Waals surface area contributed by atoms with Gasteiger partial charge in [0.25, 0.3) is 0 Å². The Bertz CT molecular complexity index is 559. The molecule has 1 aliphatic heterocycles. The van der Waals surface area contributed by atoms with E-state index in [1.54, 1.807) is 12.1 Å². The van der Waals surface area contributed by atoms with Crippen LogP contribution in [0.25, 0.3) is 0 Å². The predicted molar refractivity (Wildman–Crippen MR) is 71.4 cm³/mol. The van der Waals surface area contributed by atoms with E-state index in [9.17, 15) is 8.42 Å². The van der Waals surface area contributed by atoms with Crippen molar-refractivity contribution in [3.8, 4) is 5.75 Å². The molecule has 1 saturated heterocycles. The molecule has 0 amide bonds. The lowest BCUT2D eigenvalue weighted by Crippen LogP contribution is -2.29. The van der Waals surface area contributed by atoms with Crippen molar-refractivity contribution in [2.45, 2.75) is 11.3 Å². The zero-order valence-corrected chi connectivity index (χ0v) is 11.6. The maximum Gasteiger partial charge on any atom is 0.246 e. The summed E-state index contributed by atoms with van der Waals surface area (Å²) in [6.45, 7) is 0.738. The number of rotatable bonds is 4. The van der Waals surface area contributed by atoms with E-state index < -0.39 is 10.0 Å². The van der Waals surface area contributed by atoms with Gasteiger partial charge in [0.1, 0.15) is 10.6 Å². The summed E-state index contributed by atoms with van der Waals surface area (Å²) >= 11 is 0. The molecule has 0 aromatic heterocycles. The van der Waals surface area contributed by atoms with Gasteiger partial charge in [0.15, 0.2) is 0 Å². The Labute approximate surface area is 112 Å². The van der Waals surface area contributed by atoms with Crippen LogP contribution in [0.4, 0.5) is 5.69 Å². The van der Waals surface area contributed by atoms with Crippen molar-refractivity contribution < 1.29 is 18.3 Å². The Morgan fingerprint density at radius 2 is 2.26 bits per heavy atom. The average Bonchev–Trinajstić information content (AvgIpc) is 2.88. The fourth-order valence-corrected chi connectivity index (χ4v) is 3.92. The second kappa shape index (κ2) is 5.36. The molecule has 7 heteroatoms. The van der Waals surface area contributed by atoms with Crippen LogP contribution >= 0.6 is 0 Å². The molecule has 6 nitrogen and oxygen atoms in total. The quantitative estimate of drug-likeness (QED) is 0.776. The van der Waals surface area contributed by atoms with E-state index in [0.717, 1.165) is 0 Å². The van der Waals surface area contributed by atoms with Gasteiger partial charge < -0.3 is 15.6 Å². The Kier molecular flexibility index (Phi) is 3.98. The van der Waals surface area contributed by atoms with Gasteiger partial charge in [-0.05, 0) is 30.5 Å².